The summed E-state index contributed by atoms with van der Waals surface area (Å²) in [6.45, 7) is 7.84. The zero-order chi connectivity index (χ0) is 30.8. The third-order valence-corrected chi connectivity index (χ3v) is 8.02. The van der Waals surface area contributed by atoms with Crippen molar-refractivity contribution in [3.05, 3.63) is 119 Å². The van der Waals surface area contributed by atoms with Gasteiger partial charge >= 0.3 is 0 Å². The van der Waals surface area contributed by atoms with Crippen molar-refractivity contribution in [1.82, 2.24) is 19.8 Å². The largest absolute Gasteiger partial charge is 0.351 e. The molecule has 7 nitrogen and oxygen atoms in total. The van der Waals surface area contributed by atoms with E-state index in [9.17, 15) is 9.18 Å². The van der Waals surface area contributed by atoms with E-state index in [0.29, 0.717) is 36.0 Å². The predicted octanol–water partition coefficient (Wildman–Crippen LogP) is 6.22. The first kappa shape index (κ1) is 31.4. The summed E-state index contributed by atoms with van der Waals surface area (Å²) in [7, 11) is 0. The van der Waals surface area contributed by atoms with E-state index < -0.39 is 0 Å². The van der Waals surface area contributed by atoms with Crippen LogP contribution in [0.1, 0.15) is 48.2 Å². The van der Waals surface area contributed by atoms with Crippen molar-refractivity contribution in [3.8, 4) is 6.07 Å². The fourth-order valence-electron chi connectivity index (χ4n) is 4.81. The Morgan fingerprint density at radius 2 is 1.91 bits per heavy atom. The number of carbonyl (C=O) groups is 1. The van der Waals surface area contributed by atoms with Crippen LogP contribution in [-0.4, -0.2) is 38.1 Å². The number of thiocarbonyl (C=S) groups is 1. The van der Waals surface area contributed by atoms with E-state index in [2.05, 4.69) is 54.6 Å². The van der Waals surface area contributed by atoms with Crippen LogP contribution in [0.5, 0.6) is 0 Å². The maximum atomic E-state index is 13.9. The first-order valence-corrected chi connectivity index (χ1v) is 14.8. The fourth-order valence-corrected chi connectivity index (χ4v) is 5.07. The van der Waals surface area contributed by atoms with Crippen LogP contribution in [0, 0.1) is 30.0 Å². The standard InChI is InChI=1S/C34H37FN6OS/c1-4-24(2)32(39-33(42)17-31-19-37-23-41(31)20-27-14-12-26(18-36)13-15-27)22-40(21-28-9-6-5-8-25(28)3)34(43)38-30-11-7-10-29(35)16-30/h5-16,19,23-24,32H,4,17,20-22H2,1-3H3,(H,38,43)(H,39,42)/t24-,32+/m0/s1. The van der Waals surface area contributed by atoms with Gasteiger partial charge in [0.25, 0.3) is 0 Å². The Kier molecular flexibility index (Phi) is 11.0. The fraction of sp³-hybridized carbons (Fsp3) is 0.294. The average Bonchev–Trinajstić information content (AvgIpc) is 3.43. The summed E-state index contributed by atoms with van der Waals surface area (Å²) < 4.78 is 15.8. The normalized spacial score (nSPS) is 12.2. The van der Waals surface area contributed by atoms with E-state index in [1.165, 1.54) is 12.1 Å². The summed E-state index contributed by atoms with van der Waals surface area (Å²) in [6.07, 6.45) is 4.47. The number of nitrogens with one attached hydrogen (secondary N) is 2. The lowest BCUT2D eigenvalue weighted by atomic mass is 9.98. The third kappa shape index (κ3) is 8.97. The quantitative estimate of drug-likeness (QED) is 0.189. The van der Waals surface area contributed by atoms with Gasteiger partial charge in [0.05, 0.1) is 24.4 Å². The van der Waals surface area contributed by atoms with Crippen molar-refractivity contribution >= 4 is 28.9 Å². The molecule has 2 N–H and O–H groups in total. The Morgan fingerprint density at radius 3 is 2.60 bits per heavy atom. The average molecular weight is 597 g/mol. The van der Waals surface area contributed by atoms with Gasteiger partial charge in [0.2, 0.25) is 5.91 Å². The maximum absolute atomic E-state index is 13.9. The highest BCUT2D eigenvalue weighted by Gasteiger charge is 2.24. The van der Waals surface area contributed by atoms with Crippen LogP contribution in [0.15, 0.2) is 85.3 Å². The molecule has 0 radical (unpaired) electrons. The van der Waals surface area contributed by atoms with Gasteiger partial charge in [0.15, 0.2) is 5.11 Å². The second-order valence-electron chi connectivity index (χ2n) is 10.8. The molecule has 0 aliphatic rings. The van der Waals surface area contributed by atoms with Crippen molar-refractivity contribution in [1.29, 1.82) is 5.26 Å². The Bertz CT molecular complexity index is 1580. The second-order valence-corrected chi connectivity index (χ2v) is 11.2. The first-order valence-electron chi connectivity index (χ1n) is 14.4. The zero-order valence-corrected chi connectivity index (χ0v) is 25.6. The Morgan fingerprint density at radius 1 is 1.14 bits per heavy atom. The summed E-state index contributed by atoms with van der Waals surface area (Å²) in [4.78, 5) is 19.7. The van der Waals surface area contributed by atoms with E-state index >= 15 is 0 Å². The molecule has 0 fully saturated rings. The molecule has 0 aliphatic carbocycles. The molecule has 0 aliphatic heterocycles. The number of amides is 1. The van der Waals surface area contributed by atoms with E-state index in [-0.39, 0.29) is 30.1 Å². The second kappa shape index (κ2) is 15.1. The number of nitriles is 1. The van der Waals surface area contributed by atoms with Gasteiger partial charge in [-0.05, 0) is 72.1 Å². The summed E-state index contributed by atoms with van der Waals surface area (Å²) in [5, 5.41) is 16.0. The number of carbonyl (C=O) groups excluding carboxylic acids is 1. The third-order valence-electron chi connectivity index (χ3n) is 7.66. The van der Waals surface area contributed by atoms with E-state index in [4.69, 9.17) is 17.5 Å². The molecular weight excluding hydrogens is 559 g/mol. The van der Waals surface area contributed by atoms with Gasteiger partial charge in [0.1, 0.15) is 5.82 Å². The first-order chi connectivity index (χ1) is 20.7. The number of benzene rings is 3. The molecule has 43 heavy (non-hydrogen) atoms. The molecular formula is C34H37FN6OS. The Balaban J connectivity index is 1.49. The van der Waals surface area contributed by atoms with E-state index in [0.717, 1.165) is 28.8 Å². The minimum atomic E-state index is -0.346. The van der Waals surface area contributed by atoms with Crippen LogP contribution in [-0.2, 0) is 24.3 Å². The summed E-state index contributed by atoms with van der Waals surface area (Å²) >= 11 is 5.84. The topological polar surface area (TPSA) is 86.0 Å². The van der Waals surface area contributed by atoms with Gasteiger partial charge in [-0.1, -0.05) is 62.7 Å². The lowest BCUT2D eigenvalue weighted by Gasteiger charge is -2.33. The SMILES string of the molecule is CC[C@H](C)[C@@H](CN(Cc1ccccc1C)C(=S)Nc1cccc(F)c1)NC(=O)Cc1cncn1Cc1ccc(C#N)cc1. The van der Waals surface area contributed by atoms with Crippen LogP contribution in [0.2, 0.25) is 0 Å². The zero-order valence-electron chi connectivity index (χ0n) is 24.8. The summed E-state index contributed by atoms with van der Waals surface area (Å²) in [5.41, 5.74) is 5.24. The number of rotatable bonds is 12. The van der Waals surface area contributed by atoms with Gasteiger partial charge in [-0.25, -0.2) is 9.37 Å². The molecule has 0 saturated carbocycles. The lowest BCUT2D eigenvalue weighted by Crippen LogP contribution is -2.50. The van der Waals surface area contributed by atoms with Crippen LogP contribution in [0.4, 0.5) is 10.1 Å². The summed E-state index contributed by atoms with van der Waals surface area (Å²) in [5.74, 6) is -0.281. The Labute approximate surface area is 258 Å². The highest BCUT2D eigenvalue weighted by molar-refractivity contribution is 7.80. The van der Waals surface area contributed by atoms with Crippen molar-refractivity contribution in [2.24, 2.45) is 5.92 Å². The smallest absolute Gasteiger partial charge is 0.226 e. The molecule has 1 heterocycles. The number of hydrogen-bond acceptors (Lipinski definition) is 4. The molecule has 1 amide bonds. The van der Waals surface area contributed by atoms with Crippen molar-refractivity contribution < 1.29 is 9.18 Å². The van der Waals surface area contributed by atoms with E-state index in [1.807, 2.05) is 33.7 Å². The molecule has 222 valence electrons. The number of imidazole rings is 1. The number of anilines is 1. The maximum Gasteiger partial charge on any atom is 0.226 e. The molecule has 0 unspecified atom stereocenters. The minimum Gasteiger partial charge on any atom is -0.351 e. The molecule has 4 rings (SSSR count). The van der Waals surface area contributed by atoms with Gasteiger partial charge in [-0.3, -0.25) is 4.79 Å². The molecule has 0 bridgehead atoms. The highest BCUT2D eigenvalue weighted by atomic mass is 32.1. The molecule has 0 saturated heterocycles. The van der Waals surface area contributed by atoms with Crippen molar-refractivity contribution in [2.75, 3.05) is 11.9 Å². The van der Waals surface area contributed by atoms with Crippen molar-refractivity contribution in [3.63, 3.8) is 0 Å². The van der Waals surface area contributed by atoms with E-state index in [1.54, 1.807) is 36.8 Å². The molecule has 1 aromatic heterocycles. The molecule has 0 spiro atoms. The predicted molar refractivity (Wildman–Crippen MR) is 172 cm³/mol. The van der Waals surface area contributed by atoms with Crippen molar-refractivity contribution in [2.45, 2.75) is 52.7 Å². The molecule has 9 heteroatoms. The molecule has 2 atom stereocenters. The van der Waals surface area contributed by atoms with Crippen LogP contribution in [0.25, 0.3) is 0 Å². The summed E-state index contributed by atoms with van der Waals surface area (Å²) in [6, 6.07) is 23.7. The molecule has 4 aromatic rings. The van der Waals surface area contributed by atoms with Crippen LogP contribution < -0.4 is 10.6 Å². The number of hydrogen-bond donors (Lipinski definition) is 2. The van der Waals surface area contributed by atoms with Gasteiger partial charge in [0, 0.05) is 43.3 Å². The number of nitrogens with zero attached hydrogens (tertiary/aromatic N) is 4. The van der Waals surface area contributed by atoms with Crippen LogP contribution >= 0.6 is 12.2 Å². The lowest BCUT2D eigenvalue weighted by molar-refractivity contribution is -0.121. The number of aryl methyl sites for hydroxylation is 1. The number of aromatic nitrogens is 2. The van der Waals surface area contributed by atoms with Gasteiger partial charge in [-0.15, -0.1) is 0 Å². The van der Waals surface area contributed by atoms with Gasteiger partial charge in [-0.2, -0.15) is 5.26 Å². The minimum absolute atomic E-state index is 0.105. The highest BCUT2D eigenvalue weighted by Crippen LogP contribution is 2.18. The van der Waals surface area contributed by atoms with Crippen LogP contribution in [0.3, 0.4) is 0 Å². The molecule has 3 aromatic carbocycles. The Hall–Kier alpha value is -4.55. The monoisotopic (exact) mass is 596 g/mol. The number of halogens is 1. The van der Waals surface area contributed by atoms with Gasteiger partial charge < -0.3 is 20.1 Å².